The zero-order valence-electron chi connectivity index (χ0n) is 9.69. The lowest BCUT2D eigenvalue weighted by Gasteiger charge is -2.19. The van der Waals surface area contributed by atoms with Crippen LogP contribution < -0.4 is 0 Å². The highest BCUT2D eigenvalue weighted by Gasteiger charge is 2.44. The first kappa shape index (κ1) is 16.9. The molecule has 0 aliphatic rings. The van der Waals surface area contributed by atoms with Gasteiger partial charge in [-0.05, 0) is 12.1 Å². The van der Waals surface area contributed by atoms with Crippen molar-refractivity contribution in [2.75, 3.05) is 12.4 Å². The minimum absolute atomic E-state index is 0.180. The highest BCUT2D eigenvalue weighted by atomic mass is 32.2. The van der Waals surface area contributed by atoms with Gasteiger partial charge in [0.2, 0.25) is 0 Å². The summed E-state index contributed by atoms with van der Waals surface area (Å²) in [5.74, 6) is 0.320. The molecule has 19 heavy (non-hydrogen) atoms. The first-order chi connectivity index (χ1) is 8.71. The zero-order valence-corrected chi connectivity index (χ0v) is 12.3. The third-order valence-corrected chi connectivity index (χ3v) is 6.17. The van der Waals surface area contributed by atoms with E-state index in [9.17, 15) is 9.13 Å². The van der Waals surface area contributed by atoms with Gasteiger partial charge in [-0.3, -0.25) is 9.13 Å². The van der Waals surface area contributed by atoms with Crippen LogP contribution in [0.1, 0.15) is 0 Å². The van der Waals surface area contributed by atoms with Crippen molar-refractivity contribution in [3.05, 3.63) is 30.3 Å². The molecule has 108 valence electrons. The summed E-state index contributed by atoms with van der Waals surface area (Å²) in [4.78, 5) is 36.2. The lowest BCUT2D eigenvalue weighted by Crippen LogP contribution is -2.15. The summed E-state index contributed by atoms with van der Waals surface area (Å²) < 4.78 is 26.5. The van der Waals surface area contributed by atoms with E-state index in [0.717, 1.165) is 4.90 Å². The summed E-state index contributed by atoms with van der Waals surface area (Å²) >= 11 is 1.35. The van der Waals surface area contributed by atoms with Crippen molar-refractivity contribution in [2.45, 2.75) is 10.5 Å². The van der Waals surface area contributed by atoms with Gasteiger partial charge in [0.1, 0.15) is 0 Å². The Morgan fingerprint density at radius 2 is 1.58 bits per heavy atom. The van der Waals surface area contributed by atoms with Crippen molar-refractivity contribution in [1.29, 1.82) is 0 Å². The van der Waals surface area contributed by atoms with E-state index in [1.54, 1.807) is 0 Å². The van der Waals surface area contributed by atoms with Gasteiger partial charge in [-0.25, -0.2) is 0 Å². The van der Waals surface area contributed by atoms with Gasteiger partial charge in [0, 0.05) is 10.6 Å². The minimum Gasteiger partial charge on any atom is -0.354 e. The number of benzene rings is 1. The lowest BCUT2D eigenvalue weighted by atomic mass is 10.4. The van der Waals surface area contributed by atoms with Crippen molar-refractivity contribution in [2.24, 2.45) is 0 Å². The van der Waals surface area contributed by atoms with Gasteiger partial charge >= 0.3 is 15.2 Å². The van der Waals surface area contributed by atoms with Gasteiger partial charge in [0.15, 0.2) is 0 Å². The first-order valence-electron chi connectivity index (χ1n) is 5.11. The second-order valence-electron chi connectivity index (χ2n) is 3.54. The van der Waals surface area contributed by atoms with E-state index < -0.39 is 20.8 Å². The quantitative estimate of drug-likeness (QED) is 0.337. The molecule has 1 aromatic carbocycles. The van der Waals surface area contributed by atoms with Crippen LogP contribution in [0.15, 0.2) is 35.2 Å². The largest absolute Gasteiger partial charge is 0.366 e. The monoisotopic (exact) mass is 328 g/mol. The van der Waals surface area contributed by atoms with E-state index in [2.05, 4.69) is 4.74 Å². The fraction of sp³-hybridized carbons (Fsp3) is 0.333. The lowest BCUT2D eigenvalue weighted by molar-refractivity contribution is 0.125. The summed E-state index contributed by atoms with van der Waals surface area (Å²) in [5.41, 5.74) is -2.39. The van der Waals surface area contributed by atoms with Crippen LogP contribution >= 0.6 is 27.0 Å². The molecule has 1 rings (SSSR count). The zero-order chi connectivity index (χ0) is 14.5. The van der Waals surface area contributed by atoms with Gasteiger partial charge in [-0.15, -0.1) is 11.8 Å². The topological polar surface area (TPSA) is 124 Å². The van der Waals surface area contributed by atoms with E-state index in [-0.39, 0.29) is 6.61 Å². The molecule has 0 bridgehead atoms. The molecule has 1 aromatic rings. The third kappa shape index (κ3) is 6.21. The molecule has 4 N–H and O–H groups in total. The first-order valence-corrected chi connectivity index (χ1v) is 9.46. The maximum absolute atomic E-state index is 10.9. The minimum atomic E-state index is -5.00. The average Bonchev–Trinajstić information content (AvgIpc) is 2.26. The van der Waals surface area contributed by atoms with Gasteiger partial charge in [0.05, 0.1) is 6.61 Å². The average molecular weight is 328 g/mol. The van der Waals surface area contributed by atoms with Gasteiger partial charge in [-0.1, -0.05) is 18.2 Å². The maximum atomic E-state index is 10.9. The van der Waals surface area contributed by atoms with Crippen LogP contribution in [0.2, 0.25) is 0 Å². The van der Waals surface area contributed by atoms with Crippen LogP contribution in [0.5, 0.6) is 0 Å². The van der Waals surface area contributed by atoms with E-state index in [0.29, 0.717) is 5.75 Å². The molecule has 0 aromatic heterocycles. The molecule has 0 heterocycles. The Kier molecular flexibility index (Phi) is 6.23. The Balaban J connectivity index is 2.46. The standard InChI is InChI=1S/C9H14O7P2S/c10-17(11,12)9(18(13,14)15)16-6-7-19-8-4-2-1-3-5-8/h1-5,9H,6-7H2,(H2,10,11,12)(H2,13,14,15). The molecular weight excluding hydrogens is 314 g/mol. The van der Waals surface area contributed by atoms with Crippen LogP contribution in [0, 0.1) is 0 Å². The Bertz CT molecular complexity index is 461. The molecule has 0 saturated heterocycles. The molecule has 7 nitrogen and oxygen atoms in total. The van der Waals surface area contributed by atoms with E-state index >= 15 is 0 Å². The van der Waals surface area contributed by atoms with Crippen LogP contribution in [-0.4, -0.2) is 37.5 Å². The molecule has 0 fully saturated rings. The second kappa shape index (κ2) is 7.02. The summed E-state index contributed by atoms with van der Waals surface area (Å²) in [6.07, 6.45) is 0. The van der Waals surface area contributed by atoms with Crippen LogP contribution in [-0.2, 0) is 13.9 Å². The molecule has 0 amide bonds. The Hall–Kier alpha value is -0.170. The molecule has 0 aliphatic heterocycles. The number of ether oxygens (including phenoxy) is 1. The van der Waals surface area contributed by atoms with Crippen molar-refractivity contribution < 1.29 is 33.4 Å². The molecule has 0 saturated carbocycles. The SMILES string of the molecule is O=P(O)(O)C(OCCSc1ccccc1)P(=O)(O)O. The van der Waals surface area contributed by atoms with Crippen LogP contribution in [0.3, 0.4) is 0 Å². The number of thioether (sulfide) groups is 1. The van der Waals surface area contributed by atoms with E-state index in [4.69, 9.17) is 19.6 Å². The van der Waals surface area contributed by atoms with Gasteiger partial charge in [0.25, 0.3) is 5.59 Å². The van der Waals surface area contributed by atoms with E-state index in [1.165, 1.54) is 11.8 Å². The van der Waals surface area contributed by atoms with Crippen molar-refractivity contribution >= 4 is 27.0 Å². The highest BCUT2D eigenvalue weighted by Crippen LogP contribution is 2.60. The normalized spacial score (nSPS) is 12.9. The molecule has 10 heteroatoms. The van der Waals surface area contributed by atoms with Crippen molar-refractivity contribution in [1.82, 2.24) is 0 Å². The fourth-order valence-electron chi connectivity index (χ4n) is 1.22. The molecule has 0 aliphatic carbocycles. The highest BCUT2D eigenvalue weighted by molar-refractivity contribution is 7.99. The molecular formula is C9H14O7P2S. The molecule has 0 spiro atoms. The van der Waals surface area contributed by atoms with Gasteiger partial charge < -0.3 is 24.3 Å². The second-order valence-corrected chi connectivity index (χ2v) is 8.41. The number of hydrogen-bond donors (Lipinski definition) is 4. The predicted molar refractivity (Wildman–Crippen MR) is 71.0 cm³/mol. The molecule has 0 unspecified atom stereocenters. The summed E-state index contributed by atoms with van der Waals surface area (Å²) in [6.45, 7) is -0.180. The summed E-state index contributed by atoms with van der Waals surface area (Å²) in [6, 6.07) is 9.19. The van der Waals surface area contributed by atoms with Crippen LogP contribution in [0.25, 0.3) is 0 Å². The Morgan fingerprint density at radius 1 is 1.05 bits per heavy atom. The predicted octanol–water partition coefficient (Wildman–Crippen LogP) is 1.43. The fourth-order valence-corrected chi connectivity index (χ4v) is 4.15. The van der Waals surface area contributed by atoms with E-state index in [1.807, 2.05) is 30.3 Å². The maximum Gasteiger partial charge on any atom is 0.366 e. The van der Waals surface area contributed by atoms with Gasteiger partial charge in [-0.2, -0.15) is 0 Å². The summed E-state index contributed by atoms with van der Waals surface area (Å²) in [7, 11) is -10.0. The van der Waals surface area contributed by atoms with Crippen molar-refractivity contribution in [3.8, 4) is 0 Å². The Morgan fingerprint density at radius 3 is 2.05 bits per heavy atom. The number of hydrogen-bond acceptors (Lipinski definition) is 4. The Labute approximate surface area is 114 Å². The van der Waals surface area contributed by atoms with Crippen LogP contribution in [0.4, 0.5) is 0 Å². The molecule has 0 atom stereocenters. The number of rotatable bonds is 7. The van der Waals surface area contributed by atoms with Crippen molar-refractivity contribution in [3.63, 3.8) is 0 Å². The molecule has 0 radical (unpaired) electrons. The smallest absolute Gasteiger partial charge is 0.354 e. The third-order valence-electron chi connectivity index (χ3n) is 1.94. The summed E-state index contributed by atoms with van der Waals surface area (Å²) in [5, 5.41) is 0.